The Morgan fingerprint density at radius 3 is 2.71 bits per heavy atom. The van der Waals surface area contributed by atoms with Gasteiger partial charge in [-0.15, -0.1) is 10.2 Å². The summed E-state index contributed by atoms with van der Waals surface area (Å²) in [4.78, 5) is 0. The summed E-state index contributed by atoms with van der Waals surface area (Å²) in [7, 11) is 1.67. The molecular weight excluding hydrogens is 406 g/mol. The summed E-state index contributed by atoms with van der Waals surface area (Å²) >= 11 is 6.77. The minimum Gasteiger partial charge on any atom is -0.496 e. The predicted octanol–water partition coefficient (Wildman–Crippen LogP) is 5.21. The molecule has 4 nitrogen and oxygen atoms in total. The summed E-state index contributed by atoms with van der Waals surface area (Å²) in [6.45, 7) is 0.756. The maximum Gasteiger partial charge on any atom is 0.206 e. The van der Waals surface area contributed by atoms with Gasteiger partial charge in [0.2, 0.25) is 5.13 Å². The first-order chi connectivity index (χ1) is 11.7. The highest BCUT2D eigenvalue weighted by atomic mass is 79.9. The highest BCUT2D eigenvalue weighted by Gasteiger charge is 2.07. The number of thioether (sulfide) groups is 1. The summed E-state index contributed by atoms with van der Waals surface area (Å²) in [5.74, 6) is 1.68. The lowest BCUT2D eigenvalue weighted by molar-refractivity contribution is 0.412. The lowest BCUT2D eigenvalue weighted by Gasteiger charge is -2.05. The third-order valence-corrected chi connectivity index (χ3v) is 5.98. The number of hydrogen-bond acceptors (Lipinski definition) is 6. The third kappa shape index (κ3) is 4.72. The van der Waals surface area contributed by atoms with E-state index in [1.165, 1.54) is 11.1 Å². The number of anilines is 1. The zero-order chi connectivity index (χ0) is 16.8. The Morgan fingerprint density at radius 2 is 1.96 bits per heavy atom. The molecule has 124 valence electrons. The van der Waals surface area contributed by atoms with Gasteiger partial charge in [0.1, 0.15) is 5.75 Å². The minimum atomic E-state index is 0.756. The monoisotopic (exact) mass is 421 g/mol. The minimum absolute atomic E-state index is 0.756. The molecule has 0 spiro atoms. The molecule has 0 bridgehead atoms. The van der Waals surface area contributed by atoms with Crippen molar-refractivity contribution in [3.05, 3.63) is 64.1 Å². The fraction of sp³-hybridized carbons (Fsp3) is 0.176. The zero-order valence-corrected chi connectivity index (χ0v) is 16.2. The second-order valence-electron chi connectivity index (χ2n) is 4.97. The zero-order valence-electron chi connectivity index (χ0n) is 13.0. The Kier molecular flexibility index (Phi) is 6.12. The van der Waals surface area contributed by atoms with Gasteiger partial charge in [0.25, 0.3) is 0 Å². The largest absolute Gasteiger partial charge is 0.496 e. The van der Waals surface area contributed by atoms with Crippen LogP contribution in [0.15, 0.2) is 57.3 Å². The van der Waals surface area contributed by atoms with Gasteiger partial charge in [-0.1, -0.05) is 59.5 Å². The van der Waals surface area contributed by atoms with Crippen LogP contribution in [0.25, 0.3) is 0 Å². The second kappa shape index (κ2) is 8.50. The maximum absolute atomic E-state index is 5.25. The third-order valence-electron chi connectivity index (χ3n) is 3.27. The van der Waals surface area contributed by atoms with E-state index in [0.717, 1.165) is 32.0 Å². The molecule has 0 atom stereocenters. The molecule has 0 saturated carbocycles. The Hall–Kier alpha value is -1.57. The Morgan fingerprint density at radius 1 is 1.12 bits per heavy atom. The summed E-state index contributed by atoms with van der Waals surface area (Å²) in [6.07, 6.45) is 0. The quantitative estimate of drug-likeness (QED) is 0.530. The molecule has 0 unspecified atom stereocenters. The molecule has 1 heterocycles. The van der Waals surface area contributed by atoms with E-state index >= 15 is 0 Å². The Labute approximate surface area is 157 Å². The number of nitrogens with zero attached hydrogens (tertiary/aromatic N) is 2. The molecule has 24 heavy (non-hydrogen) atoms. The van der Waals surface area contributed by atoms with Gasteiger partial charge in [-0.25, -0.2) is 0 Å². The van der Waals surface area contributed by atoms with E-state index in [1.807, 2.05) is 24.3 Å². The number of rotatable bonds is 7. The van der Waals surface area contributed by atoms with Crippen LogP contribution in [0, 0.1) is 0 Å². The van der Waals surface area contributed by atoms with Gasteiger partial charge in [0.15, 0.2) is 4.34 Å². The maximum atomic E-state index is 5.25. The van der Waals surface area contributed by atoms with Gasteiger partial charge in [-0.05, 0) is 39.2 Å². The van der Waals surface area contributed by atoms with Crippen molar-refractivity contribution in [1.29, 1.82) is 0 Å². The first kappa shape index (κ1) is 17.3. The molecule has 3 aromatic rings. The van der Waals surface area contributed by atoms with Crippen molar-refractivity contribution in [2.45, 2.75) is 16.6 Å². The topological polar surface area (TPSA) is 47.0 Å². The van der Waals surface area contributed by atoms with Crippen molar-refractivity contribution in [2.24, 2.45) is 0 Å². The van der Waals surface area contributed by atoms with Crippen molar-refractivity contribution in [3.8, 4) is 5.75 Å². The highest BCUT2D eigenvalue weighted by molar-refractivity contribution is 9.10. The van der Waals surface area contributed by atoms with Gasteiger partial charge in [0.05, 0.1) is 11.6 Å². The van der Waals surface area contributed by atoms with E-state index < -0.39 is 0 Å². The van der Waals surface area contributed by atoms with Gasteiger partial charge in [-0.2, -0.15) is 0 Å². The molecule has 0 aliphatic rings. The average molecular weight is 422 g/mol. The lowest BCUT2D eigenvalue weighted by atomic mass is 10.2. The molecule has 7 heteroatoms. The van der Waals surface area contributed by atoms with Gasteiger partial charge >= 0.3 is 0 Å². The van der Waals surface area contributed by atoms with E-state index in [9.17, 15) is 0 Å². The molecule has 0 aliphatic carbocycles. The van der Waals surface area contributed by atoms with Crippen molar-refractivity contribution in [2.75, 3.05) is 12.4 Å². The van der Waals surface area contributed by atoms with Crippen LogP contribution in [0.5, 0.6) is 5.75 Å². The van der Waals surface area contributed by atoms with E-state index in [1.54, 1.807) is 30.2 Å². The number of aromatic nitrogens is 2. The van der Waals surface area contributed by atoms with Crippen molar-refractivity contribution < 1.29 is 4.74 Å². The molecule has 0 saturated heterocycles. The Balaban J connectivity index is 1.53. The molecule has 1 aromatic heterocycles. The van der Waals surface area contributed by atoms with Gasteiger partial charge < -0.3 is 10.1 Å². The number of halogens is 1. The standard InChI is InChI=1S/C17H16BrN3OS2/c1-22-15-8-7-13(9-14(15)18)11-23-17-21-20-16(24-17)19-10-12-5-3-2-4-6-12/h2-9H,10-11H2,1H3,(H,19,20). The summed E-state index contributed by atoms with van der Waals surface area (Å²) in [5, 5.41) is 12.6. The molecule has 1 N–H and O–H groups in total. The van der Waals surface area contributed by atoms with Crippen LogP contribution < -0.4 is 10.1 Å². The number of nitrogens with one attached hydrogen (secondary N) is 1. The predicted molar refractivity (Wildman–Crippen MR) is 104 cm³/mol. The fourth-order valence-corrected chi connectivity index (χ4v) is 4.34. The van der Waals surface area contributed by atoms with Crippen LogP contribution in [0.1, 0.15) is 11.1 Å². The number of ether oxygens (including phenoxy) is 1. The first-order valence-electron chi connectivity index (χ1n) is 7.31. The van der Waals surface area contributed by atoms with Gasteiger partial charge in [0, 0.05) is 12.3 Å². The van der Waals surface area contributed by atoms with E-state index in [-0.39, 0.29) is 0 Å². The van der Waals surface area contributed by atoms with Crippen LogP contribution in [0.3, 0.4) is 0 Å². The van der Waals surface area contributed by atoms with Crippen LogP contribution >= 0.6 is 39.0 Å². The molecule has 0 aliphatic heterocycles. The van der Waals surface area contributed by atoms with Crippen molar-refractivity contribution >= 4 is 44.2 Å². The summed E-state index contributed by atoms with van der Waals surface area (Å²) in [6, 6.07) is 16.4. The Bertz CT molecular complexity index is 796. The van der Waals surface area contributed by atoms with Gasteiger partial charge in [-0.3, -0.25) is 0 Å². The molecular formula is C17H16BrN3OS2. The highest BCUT2D eigenvalue weighted by Crippen LogP contribution is 2.31. The molecule has 2 aromatic carbocycles. The number of hydrogen-bond donors (Lipinski definition) is 1. The molecule has 0 radical (unpaired) electrons. The van der Waals surface area contributed by atoms with Crippen molar-refractivity contribution in [3.63, 3.8) is 0 Å². The van der Waals surface area contributed by atoms with E-state index in [4.69, 9.17) is 4.74 Å². The number of benzene rings is 2. The summed E-state index contributed by atoms with van der Waals surface area (Å²) in [5.41, 5.74) is 2.44. The van der Waals surface area contributed by atoms with Crippen LogP contribution in [-0.2, 0) is 12.3 Å². The van der Waals surface area contributed by atoms with E-state index in [0.29, 0.717) is 0 Å². The van der Waals surface area contributed by atoms with Crippen LogP contribution in [0.4, 0.5) is 5.13 Å². The van der Waals surface area contributed by atoms with Crippen LogP contribution in [-0.4, -0.2) is 17.3 Å². The molecule has 3 rings (SSSR count). The lowest BCUT2D eigenvalue weighted by Crippen LogP contribution is -1.98. The average Bonchev–Trinajstić information content (AvgIpc) is 3.07. The van der Waals surface area contributed by atoms with Crippen molar-refractivity contribution in [1.82, 2.24) is 10.2 Å². The number of methoxy groups -OCH3 is 1. The first-order valence-corrected chi connectivity index (χ1v) is 9.90. The SMILES string of the molecule is COc1ccc(CSc2nnc(NCc3ccccc3)s2)cc1Br. The van der Waals surface area contributed by atoms with Crippen LogP contribution in [0.2, 0.25) is 0 Å². The second-order valence-corrected chi connectivity index (χ2v) is 8.02. The fourth-order valence-electron chi connectivity index (χ4n) is 2.06. The van der Waals surface area contributed by atoms with E-state index in [2.05, 4.69) is 55.7 Å². The molecule has 0 amide bonds. The molecule has 0 fully saturated rings. The normalized spacial score (nSPS) is 10.6. The summed E-state index contributed by atoms with van der Waals surface area (Å²) < 4.78 is 7.17. The smallest absolute Gasteiger partial charge is 0.206 e.